The summed E-state index contributed by atoms with van der Waals surface area (Å²) in [5, 5.41) is 13.9. The summed E-state index contributed by atoms with van der Waals surface area (Å²) in [6.07, 6.45) is 0.638. The largest absolute Gasteiger partial charge is 0.481 e. The third-order valence-electron chi connectivity index (χ3n) is 2.64. The van der Waals surface area contributed by atoms with E-state index in [0.29, 0.717) is 18.7 Å². The number of hydrogen-bond donors (Lipinski definition) is 3. The third-order valence-corrected chi connectivity index (χ3v) is 3.55. The fourth-order valence-corrected chi connectivity index (χ4v) is 2.07. The zero-order valence-electron chi connectivity index (χ0n) is 10.3. The Bertz CT molecular complexity index is 433. The van der Waals surface area contributed by atoms with Gasteiger partial charge in [0.05, 0.1) is 10.9 Å². The molecule has 0 saturated heterocycles. The summed E-state index contributed by atoms with van der Waals surface area (Å²) >= 11 is 1.38. The van der Waals surface area contributed by atoms with Crippen LogP contribution in [-0.4, -0.2) is 34.6 Å². The molecule has 0 aliphatic heterocycles. The average Bonchev–Trinajstić information content (AvgIpc) is 2.77. The minimum atomic E-state index is -0.940. The molecule has 0 aliphatic carbocycles. The first-order valence-electron chi connectivity index (χ1n) is 5.63. The van der Waals surface area contributed by atoms with Crippen LogP contribution in [-0.2, 0) is 11.2 Å². The summed E-state index contributed by atoms with van der Waals surface area (Å²) in [5.41, 5.74) is 5.71. The number of nitrogens with two attached hydrogens (primary N) is 1. The van der Waals surface area contributed by atoms with E-state index in [-0.39, 0.29) is 5.91 Å². The molecule has 1 amide bonds. The number of hydrogen-bond acceptors (Lipinski definition) is 5. The van der Waals surface area contributed by atoms with E-state index in [2.05, 4.69) is 10.3 Å². The summed E-state index contributed by atoms with van der Waals surface area (Å²) in [6, 6.07) is -0.449. The molecule has 2 atom stereocenters. The van der Waals surface area contributed by atoms with Crippen molar-refractivity contribution in [1.29, 1.82) is 0 Å². The van der Waals surface area contributed by atoms with Crippen LogP contribution in [0.15, 0.2) is 5.38 Å². The van der Waals surface area contributed by atoms with Gasteiger partial charge in [-0.15, -0.1) is 11.3 Å². The molecule has 1 rings (SSSR count). The normalized spacial score (nSPS) is 13.9. The first-order valence-corrected chi connectivity index (χ1v) is 6.51. The van der Waals surface area contributed by atoms with Crippen LogP contribution in [0.4, 0.5) is 0 Å². The van der Waals surface area contributed by atoms with Gasteiger partial charge in [-0.3, -0.25) is 9.59 Å². The molecule has 0 spiro atoms. The Kier molecular flexibility index (Phi) is 5.24. The number of amides is 1. The number of carboxylic acids is 1. The molecule has 2 unspecified atom stereocenters. The standard InChI is InChI=1S/C11H17N3O3S/c1-6(11(16)17)7(2)13-10(15)8-5-18-9(14-8)3-4-12/h5-7H,3-4,12H2,1-2H3,(H,13,15)(H,16,17). The second-order valence-corrected chi connectivity index (χ2v) is 5.00. The van der Waals surface area contributed by atoms with Crippen molar-refractivity contribution < 1.29 is 14.7 Å². The van der Waals surface area contributed by atoms with Crippen molar-refractivity contribution in [2.24, 2.45) is 11.7 Å². The Balaban J connectivity index is 2.61. The molecule has 0 saturated carbocycles. The highest BCUT2D eigenvalue weighted by atomic mass is 32.1. The lowest BCUT2D eigenvalue weighted by atomic mass is 10.0. The number of aliphatic carboxylic acids is 1. The van der Waals surface area contributed by atoms with E-state index in [0.717, 1.165) is 5.01 Å². The van der Waals surface area contributed by atoms with E-state index < -0.39 is 17.9 Å². The molecule has 0 bridgehead atoms. The fraction of sp³-hybridized carbons (Fsp3) is 0.545. The van der Waals surface area contributed by atoms with Gasteiger partial charge in [-0.2, -0.15) is 0 Å². The Morgan fingerprint density at radius 3 is 2.78 bits per heavy atom. The summed E-state index contributed by atoms with van der Waals surface area (Å²) in [7, 11) is 0. The highest BCUT2D eigenvalue weighted by molar-refractivity contribution is 7.09. The second kappa shape index (κ2) is 6.46. The van der Waals surface area contributed by atoms with Gasteiger partial charge in [-0.1, -0.05) is 0 Å². The molecule has 0 aromatic carbocycles. The number of carbonyl (C=O) groups is 2. The molecule has 100 valence electrons. The van der Waals surface area contributed by atoms with E-state index in [1.165, 1.54) is 11.3 Å². The molecule has 0 radical (unpaired) electrons. The van der Waals surface area contributed by atoms with Gasteiger partial charge in [0.2, 0.25) is 0 Å². The number of nitrogens with one attached hydrogen (secondary N) is 1. The van der Waals surface area contributed by atoms with Gasteiger partial charge in [0.1, 0.15) is 5.69 Å². The number of nitrogens with zero attached hydrogens (tertiary/aromatic N) is 1. The van der Waals surface area contributed by atoms with Gasteiger partial charge in [-0.05, 0) is 20.4 Å². The minimum absolute atomic E-state index is 0.313. The van der Waals surface area contributed by atoms with E-state index in [1.54, 1.807) is 19.2 Å². The van der Waals surface area contributed by atoms with E-state index >= 15 is 0 Å². The number of carbonyl (C=O) groups excluding carboxylic acids is 1. The molecular weight excluding hydrogens is 254 g/mol. The first kappa shape index (κ1) is 14.6. The van der Waals surface area contributed by atoms with Crippen LogP contribution in [0.2, 0.25) is 0 Å². The van der Waals surface area contributed by atoms with Crippen molar-refractivity contribution in [1.82, 2.24) is 10.3 Å². The first-order chi connectivity index (χ1) is 8.45. The van der Waals surface area contributed by atoms with Gasteiger partial charge in [0.15, 0.2) is 0 Å². The fourth-order valence-electron chi connectivity index (χ4n) is 1.27. The third kappa shape index (κ3) is 3.78. The lowest BCUT2D eigenvalue weighted by molar-refractivity contribution is -0.141. The molecule has 1 heterocycles. The van der Waals surface area contributed by atoms with Crippen molar-refractivity contribution in [2.75, 3.05) is 6.54 Å². The molecule has 18 heavy (non-hydrogen) atoms. The molecule has 4 N–H and O–H groups in total. The highest BCUT2D eigenvalue weighted by Gasteiger charge is 2.22. The lowest BCUT2D eigenvalue weighted by Crippen LogP contribution is -2.40. The Labute approximate surface area is 109 Å². The van der Waals surface area contributed by atoms with Gasteiger partial charge in [0.25, 0.3) is 5.91 Å². The predicted octanol–water partition coefficient (Wildman–Crippen LogP) is 0.483. The average molecular weight is 271 g/mol. The monoisotopic (exact) mass is 271 g/mol. The lowest BCUT2D eigenvalue weighted by Gasteiger charge is -2.16. The number of rotatable bonds is 6. The zero-order valence-corrected chi connectivity index (χ0v) is 11.2. The van der Waals surface area contributed by atoms with Crippen LogP contribution in [0.25, 0.3) is 0 Å². The van der Waals surface area contributed by atoms with Crippen LogP contribution < -0.4 is 11.1 Å². The summed E-state index contributed by atoms with van der Waals surface area (Å²) in [4.78, 5) is 26.7. The van der Waals surface area contributed by atoms with Gasteiger partial charge < -0.3 is 16.2 Å². The summed E-state index contributed by atoms with van der Waals surface area (Å²) < 4.78 is 0. The van der Waals surface area contributed by atoms with E-state index in [9.17, 15) is 9.59 Å². The van der Waals surface area contributed by atoms with Gasteiger partial charge in [0, 0.05) is 17.8 Å². The van der Waals surface area contributed by atoms with E-state index in [1.807, 2.05) is 0 Å². The second-order valence-electron chi connectivity index (χ2n) is 4.05. The smallest absolute Gasteiger partial charge is 0.308 e. The zero-order chi connectivity index (χ0) is 13.7. The van der Waals surface area contributed by atoms with Crippen LogP contribution in [0.5, 0.6) is 0 Å². The molecule has 6 nitrogen and oxygen atoms in total. The van der Waals surface area contributed by atoms with Crippen molar-refractivity contribution in [3.8, 4) is 0 Å². The molecule has 7 heteroatoms. The molecule has 1 aromatic rings. The molecule has 0 fully saturated rings. The molecule has 0 aliphatic rings. The molecule has 1 aromatic heterocycles. The topological polar surface area (TPSA) is 105 Å². The number of thiazole rings is 1. The van der Waals surface area contributed by atoms with Crippen molar-refractivity contribution in [3.63, 3.8) is 0 Å². The van der Waals surface area contributed by atoms with Crippen molar-refractivity contribution in [3.05, 3.63) is 16.1 Å². The van der Waals surface area contributed by atoms with Crippen LogP contribution in [0.3, 0.4) is 0 Å². The quantitative estimate of drug-likeness (QED) is 0.698. The number of aromatic nitrogens is 1. The predicted molar refractivity (Wildman–Crippen MR) is 68.6 cm³/mol. The van der Waals surface area contributed by atoms with E-state index in [4.69, 9.17) is 10.8 Å². The van der Waals surface area contributed by atoms with Crippen molar-refractivity contribution in [2.45, 2.75) is 26.3 Å². The van der Waals surface area contributed by atoms with Crippen LogP contribution in [0, 0.1) is 5.92 Å². The maximum absolute atomic E-state index is 11.8. The van der Waals surface area contributed by atoms with Gasteiger partial charge in [-0.25, -0.2) is 4.98 Å². The van der Waals surface area contributed by atoms with Gasteiger partial charge >= 0.3 is 5.97 Å². The SMILES string of the molecule is CC(NC(=O)c1csc(CCN)n1)C(C)C(=O)O. The summed E-state index contributed by atoms with van der Waals surface area (Å²) in [6.45, 7) is 3.69. The van der Waals surface area contributed by atoms with Crippen LogP contribution in [0.1, 0.15) is 29.3 Å². The number of carboxylic acid groups (broad SMARTS) is 1. The van der Waals surface area contributed by atoms with Crippen LogP contribution >= 0.6 is 11.3 Å². The summed E-state index contributed by atoms with van der Waals surface area (Å²) in [5.74, 6) is -1.93. The Morgan fingerprint density at radius 1 is 1.56 bits per heavy atom. The Morgan fingerprint density at radius 2 is 2.22 bits per heavy atom. The molecular formula is C11H17N3O3S. The minimum Gasteiger partial charge on any atom is -0.481 e. The maximum Gasteiger partial charge on any atom is 0.308 e. The Hall–Kier alpha value is -1.47. The highest BCUT2D eigenvalue weighted by Crippen LogP contribution is 2.11. The van der Waals surface area contributed by atoms with Crippen molar-refractivity contribution >= 4 is 23.2 Å². The maximum atomic E-state index is 11.8.